The highest BCUT2D eigenvalue weighted by Gasteiger charge is 2.14. The van der Waals surface area contributed by atoms with E-state index in [2.05, 4.69) is 59.9 Å². The quantitative estimate of drug-likeness (QED) is 0.222. The first-order valence-corrected chi connectivity index (χ1v) is 12.0. The van der Waals surface area contributed by atoms with Gasteiger partial charge in [-0.3, -0.25) is 10.1 Å². The number of aromatic nitrogens is 2. The third kappa shape index (κ3) is 4.30. The Balaban J connectivity index is 1.61. The summed E-state index contributed by atoms with van der Waals surface area (Å²) >= 11 is 1.55. The summed E-state index contributed by atoms with van der Waals surface area (Å²) in [4.78, 5) is 20.2. The smallest absolute Gasteiger partial charge is 0.270 e. The number of hydrogen-bond donors (Lipinski definition) is 1. The normalized spacial score (nSPS) is 11.9. The van der Waals surface area contributed by atoms with Crippen LogP contribution in [0.2, 0.25) is 0 Å². The molecule has 0 aliphatic heterocycles. The van der Waals surface area contributed by atoms with Gasteiger partial charge in [0.05, 0.1) is 16.3 Å². The summed E-state index contributed by atoms with van der Waals surface area (Å²) in [6.45, 7) is 4.82. The van der Waals surface area contributed by atoms with Crippen LogP contribution < -0.4 is 4.80 Å². The minimum atomic E-state index is -0.354. The van der Waals surface area contributed by atoms with Crippen LogP contribution in [0.4, 0.5) is 11.4 Å². The van der Waals surface area contributed by atoms with Crippen LogP contribution in [0.1, 0.15) is 16.7 Å². The lowest BCUT2D eigenvalue weighted by molar-refractivity contribution is -0.384. The first-order valence-electron chi connectivity index (χ1n) is 11.1. The van der Waals surface area contributed by atoms with E-state index in [1.54, 1.807) is 23.5 Å². The van der Waals surface area contributed by atoms with E-state index in [4.69, 9.17) is 4.99 Å². The van der Waals surface area contributed by atoms with Gasteiger partial charge in [-0.15, -0.1) is 11.3 Å². The molecule has 0 amide bonds. The number of nitrogens with zero attached hydrogens (tertiary/aromatic N) is 3. The number of hydrogen-bond acceptors (Lipinski definition) is 4. The van der Waals surface area contributed by atoms with Crippen molar-refractivity contribution in [2.24, 2.45) is 4.99 Å². The second kappa shape index (κ2) is 9.11. The molecule has 170 valence electrons. The van der Waals surface area contributed by atoms with Crippen molar-refractivity contribution in [3.63, 3.8) is 0 Å². The fourth-order valence-electron chi connectivity index (χ4n) is 4.16. The lowest BCUT2D eigenvalue weighted by atomic mass is 10.1. The van der Waals surface area contributed by atoms with Crippen molar-refractivity contribution in [2.45, 2.75) is 26.8 Å². The van der Waals surface area contributed by atoms with Crippen LogP contribution >= 0.6 is 11.3 Å². The van der Waals surface area contributed by atoms with Gasteiger partial charge in [0.15, 0.2) is 4.80 Å². The van der Waals surface area contributed by atoms with Crippen LogP contribution in [0, 0.1) is 24.0 Å². The summed E-state index contributed by atoms with van der Waals surface area (Å²) in [5.74, 6) is 0. The summed E-state index contributed by atoms with van der Waals surface area (Å²) in [7, 11) is 0. The van der Waals surface area contributed by atoms with Gasteiger partial charge < -0.3 is 9.55 Å². The van der Waals surface area contributed by atoms with Gasteiger partial charge in [-0.2, -0.15) is 0 Å². The Kier molecular flexibility index (Phi) is 5.86. The molecule has 5 rings (SSSR count). The maximum absolute atomic E-state index is 11.4. The molecule has 0 radical (unpaired) electrons. The van der Waals surface area contributed by atoms with Crippen molar-refractivity contribution < 1.29 is 4.92 Å². The van der Waals surface area contributed by atoms with Gasteiger partial charge in [-0.25, -0.2) is 4.99 Å². The predicted molar refractivity (Wildman–Crippen MR) is 138 cm³/mol. The van der Waals surface area contributed by atoms with E-state index in [1.807, 2.05) is 23.6 Å². The first kappa shape index (κ1) is 21.9. The number of nitro benzene ring substituents is 1. The molecule has 0 atom stereocenters. The Bertz CT molecular complexity index is 1580. The number of H-pyrrole nitrogens is 1. The summed E-state index contributed by atoms with van der Waals surface area (Å²) in [6, 6.07) is 21.3. The maximum atomic E-state index is 11.4. The summed E-state index contributed by atoms with van der Waals surface area (Å²) < 4.78 is 2.17. The predicted octanol–water partition coefficient (Wildman–Crippen LogP) is 6.70. The molecule has 0 aliphatic carbocycles. The SMILES string of the molecule is Cc1ccc(C)c(N=c2scc(-c3cccc([N+](=O)[O-])c3)n2CCc2c[nH]c3ccccc23)c1. The highest BCUT2D eigenvalue weighted by Crippen LogP contribution is 2.27. The van der Waals surface area contributed by atoms with E-state index in [9.17, 15) is 10.1 Å². The molecule has 1 N–H and O–H groups in total. The average molecular weight is 469 g/mol. The second-order valence-corrected chi connectivity index (χ2v) is 9.21. The minimum absolute atomic E-state index is 0.0832. The Morgan fingerprint density at radius 3 is 2.76 bits per heavy atom. The van der Waals surface area contributed by atoms with E-state index in [-0.39, 0.29) is 10.6 Å². The molecule has 7 heteroatoms. The Hall–Kier alpha value is -3.97. The zero-order valence-electron chi connectivity index (χ0n) is 19.0. The molecule has 6 nitrogen and oxygen atoms in total. The molecule has 0 fully saturated rings. The highest BCUT2D eigenvalue weighted by atomic mass is 32.1. The van der Waals surface area contributed by atoms with Crippen LogP contribution in [0.3, 0.4) is 0 Å². The van der Waals surface area contributed by atoms with Gasteiger partial charge in [0.2, 0.25) is 0 Å². The molecule has 0 spiro atoms. The van der Waals surface area contributed by atoms with E-state index in [0.717, 1.165) is 44.8 Å². The minimum Gasteiger partial charge on any atom is -0.361 e. The molecule has 3 aromatic carbocycles. The fourth-order valence-corrected chi connectivity index (χ4v) is 5.11. The van der Waals surface area contributed by atoms with Gasteiger partial charge in [0.25, 0.3) is 5.69 Å². The zero-order valence-corrected chi connectivity index (χ0v) is 19.8. The highest BCUT2D eigenvalue weighted by molar-refractivity contribution is 7.07. The van der Waals surface area contributed by atoms with Crippen LogP contribution in [0.25, 0.3) is 22.2 Å². The molecule has 34 heavy (non-hydrogen) atoms. The van der Waals surface area contributed by atoms with Crippen molar-refractivity contribution in [1.82, 2.24) is 9.55 Å². The van der Waals surface area contributed by atoms with Crippen molar-refractivity contribution in [2.75, 3.05) is 0 Å². The average Bonchev–Trinajstić information content (AvgIpc) is 3.44. The number of nitro groups is 1. The Labute approximate surface area is 201 Å². The number of non-ortho nitro benzene ring substituents is 1. The first-order chi connectivity index (χ1) is 16.5. The zero-order chi connectivity index (χ0) is 23.7. The van der Waals surface area contributed by atoms with Gasteiger partial charge in [-0.05, 0) is 49.1 Å². The summed E-state index contributed by atoms with van der Waals surface area (Å²) in [6.07, 6.45) is 2.87. The van der Waals surface area contributed by atoms with Gasteiger partial charge in [0.1, 0.15) is 0 Å². The summed E-state index contributed by atoms with van der Waals surface area (Å²) in [5, 5.41) is 14.6. The van der Waals surface area contributed by atoms with Crippen LogP contribution in [-0.2, 0) is 13.0 Å². The number of para-hydroxylation sites is 1. The lowest BCUT2D eigenvalue weighted by Gasteiger charge is -2.10. The largest absolute Gasteiger partial charge is 0.361 e. The standard InChI is InChI=1S/C27H24N4O2S/c1-18-10-11-19(2)25(14-18)29-27-30(13-12-21-16-28-24-9-4-3-8-23(21)24)26(17-34-27)20-6-5-7-22(15-20)31(32)33/h3-11,14-17,28H,12-13H2,1-2H3. The van der Waals surface area contributed by atoms with Crippen molar-refractivity contribution in [3.8, 4) is 11.3 Å². The molecule has 2 heterocycles. The van der Waals surface area contributed by atoms with Gasteiger partial charge in [-0.1, -0.05) is 42.5 Å². The van der Waals surface area contributed by atoms with Crippen molar-refractivity contribution in [3.05, 3.63) is 110 Å². The topological polar surface area (TPSA) is 76.2 Å². The Morgan fingerprint density at radius 2 is 1.91 bits per heavy atom. The molecule has 0 unspecified atom stereocenters. The van der Waals surface area contributed by atoms with Gasteiger partial charge in [0, 0.05) is 46.7 Å². The fraction of sp³-hybridized carbons (Fsp3) is 0.148. The second-order valence-electron chi connectivity index (χ2n) is 8.37. The number of rotatable bonds is 6. The van der Waals surface area contributed by atoms with E-state index < -0.39 is 0 Å². The van der Waals surface area contributed by atoms with Crippen LogP contribution in [-0.4, -0.2) is 14.5 Å². The Morgan fingerprint density at radius 1 is 1.06 bits per heavy atom. The number of aromatic amines is 1. The lowest BCUT2D eigenvalue weighted by Crippen LogP contribution is -2.17. The van der Waals surface area contributed by atoms with Gasteiger partial charge >= 0.3 is 0 Å². The maximum Gasteiger partial charge on any atom is 0.270 e. The van der Waals surface area contributed by atoms with Crippen molar-refractivity contribution in [1.29, 1.82) is 0 Å². The number of benzene rings is 3. The number of aryl methyl sites for hydroxylation is 3. The molecular formula is C27H24N4O2S. The van der Waals surface area contributed by atoms with E-state index in [0.29, 0.717) is 6.54 Å². The third-order valence-electron chi connectivity index (χ3n) is 6.01. The molecular weight excluding hydrogens is 444 g/mol. The molecule has 0 aliphatic rings. The van der Waals surface area contributed by atoms with Crippen molar-refractivity contribution >= 4 is 33.6 Å². The third-order valence-corrected chi connectivity index (χ3v) is 6.87. The van der Waals surface area contributed by atoms with E-state index in [1.165, 1.54) is 17.0 Å². The number of thiazole rings is 1. The molecule has 0 bridgehead atoms. The number of nitrogens with one attached hydrogen (secondary N) is 1. The summed E-state index contributed by atoms with van der Waals surface area (Å²) in [5.41, 5.74) is 7.38. The molecule has 2 aromatic heterocycles. The van der Waals surface area contributed by atoms with E-state index >= 15 is 0 Å². The molecule has 0 saturated carbocycles. The van der Waals surface area contributed by atoms with Crippen LogP contribution in [0.15, 0.2) is 83.3 Å². The molecule has 5 aromatic rings. The molecule has 0 saturated heterocycles. The monoisotopic (exact) mass is 468 g/mol. The van der Waals surface area contributed by atoms with Crippen LogP contribution in [0.5, 0.6) is 0 Å². The number of fused-ring (bicyclic) bond motifs is 1.